The number of rotatable bonds is 2. The molecular formula is C10H17N. The van der Waals surface area contributed by atoms with Crippen LogP contribution >= 0.6 is 0 Å². The number of hydrogen-bond acceptors (Lipinski definition) is 1. The smallest absolute Gasteiger partial charge is 0.0655 e. The van der Waals surface area contributed by atoms with Crippen molar-refractivity contribution in [2.45, 2.75) is 33.6 Å². The SMILES string of the molecule is CC(C)C1CCC1C(C)C#N. The average Bonchev–Trinajstić information content (AvgIpc) is 1.83. The van der Waals surface area contributed by atoms with Gasteiger partial charge in [-0.2, -0.15) is 5.26 Å². The van der Waals surface area contributed by atoms with Crippen LogP contribution in [0.4, 0.5) is 0 Å². The highest BCUT2D eigenvalue weighted by Gasteiger charge is 2.36. The van der Waals surface area contributed by atoms with E-state index in [9.17, 15) is 0 Å². The molecule has 11 heavy (non-hydrogen) atoms. The van der Waals surface area contributed by atoms with Crippen molar-refractivity contribution in [2.24, 2.45) is 23.7 Å². The molecule has 0 aromatic heterocycles. The molecule has 0 amide bonds. The normalized spacial score (nSPS) is 32.6. The molecule has 62 valence electrons. The van der Waals surface area contributed by atoms with E-state index in [1.807, 2.05) is 0 Å². The minimum atomic E-state index is 0.274. The van der Waals surface area contributed by atoms with E-state index in [0.29, 0.717) is 5.92 Å². The van der Waals surface area contributed by atoms with Gasteiger partial charge in [-0.15, -0.1) is 0 Å². The molecule has 0 aromatic rings. The van der Waals surface area contributed by atoms with E-state index in [1.54, 1.807) is 0 Å². The molecule has 1 fully saturated rings. The van der Waals surface area contributed by atoms with Crippen molar-refractivity contribution in [3.8, 4) is 6.07 Å². The zero-order valence-electron chi connectivity index (χ0n) is 7.67. The summed E-state index contributed by atoms with van der Waals surface area (Å²) in [5, 5.41) is 8.72. The molecule has 1 saturated carbocycles. The number of hydrogen-bond donors (Lipinski definition) is 0. The van der Waals surface area contributed by atoms with Crippen molar-refractivity contribution < 1.29 is 0 Å². The van der Waals surface area contributed by atoms with Crippen LogP contribution in [0, 0.1) is 35.0 Å². The summed E-state index contributed by atoms with van der Waals surface area (Å²) in [6, 6.07) is 2.35. The molecule has 0 N–H and O–H groups in total. The van der Waals surface area contributed by atoms with E-state index in [-0.39, 0.29) is 5.92 Å². The topological polar surface area (TPSA) is 23.8 Å². The van der Waals surface area contributed by atoms with Gasteiger partial charge in [-0.05, 0) is 37.5 Å². The van der Waals surface area contributed by atoms with Gasteiger partial charge in [0.2, 0.25) is 0 Å². The second-order valence-electron chi connectivity index (χ2n) is 4.07. The summed E-state index contributed by atoms with van der Waals surface area (Å²) < 4.78 is 0. The second kappa shape index (κ2) is 3.26. The molecule has 1 aliphatic rings. The highest BCUT2D eigenvalue weighted by molar-refractivity contribution is 4.94. The summed E-state index contributed by atoms with van der Waals surface area (Å²) in [7, 11) is 0. The molecule has 0 aliphatic heterocycles. The van der Waals surface area contributed by atoms with Crippen LogP contribution in [-0.4, -0.2) is 0 Å². The summed E-state index contributed by atoms with van der Waals surface area (Å²) in [6.07, 6.45) is 2.62. The molecule has 0 bridgehead atoms. The number of nitriles is 1. The van der Waals surface area contributed by atoms with Crippen LogP contribution in [0.5, 0.6) is 0 Å². The first-order valence-electron chi connectivity index (χ1n) is 4.56. The van der Waals surface area contributed by atoms with Gasteiger partial charge in [-0.25, -0.2) is 0 Å². The maximum atomic E-state index is 8.72. The minimum absolute atomic E-state index is 0.274. The Kier molecular flexibility index (Phi) is 2.54. The molecule has 1 nitrogen and oxygen atoms in total. The van der Waals surface area contributed by atoms with Crippen LogP contribution in [0.25, 0.3) is 0 Å². The van der Waals surface area contributed by atoms with Crippen LogP contribution in [-0.2, 0) is 0 Å². The first-order chi connectivity index (χ1) is 5.16. The third-order valence-corrected chi connectivity index (χ3v) is 3.09. The Balaban J connectivity index is 2.44. The Morgan fingerprint density at radius 1 is 1.18 bits per heavy atom. The summed E-state index contributed by atoms with van der Waals surface area (Å²) in [5.74, 6) is 2.56. The van der Waals surface area contributed by atoms with Gasteiger partial charge < -0.3 is 0 Å². The maximum absolute atomic E-state index is 8.72. The Hall–Kier alpha value is -0.510. The van der Waals surface area contributed by atoms with Crippen molar-refractivity contribution in [2.75, 3.05) is 0 Å². The summed E-state index contributed by atoms with van der Waals surface area (Å²) in [5.41, 5.74) is 0. The van der Waals surface area contributed by atoms with Crippen LogP contribution in [0.1, 0.15) is 33.6 Å². The molecule has 3 unspecified atom stereocenters. The lowest BCUT2D eigenvalue weighted by molar-refractivity contribution is 0.0923. The van der Waals surface area contributed by atoms with Crippen molar-refractivity contribution in [3.05, 3.63) is 0 Å². The molecule has 0 heterocycles. The van der Waals surface area contributed by atoms with E-state index in [1.165, 1.54) is 12.8 Å². The largest absolute Gasteiger partial charge is 0.198 e. The lowest BCUT2D eigenvalue weighted by Crippen LogP contribution is -2.34. The third kappa shape index (κ3) is 1.56. The van der Waals surface area contributed by atoms with Gasteiger partial charge in [0.1, 0.15) is 0 Å². The van der Waals surface area contributed by atoms with Gasteiger partial charge in [0.25, 0.3) is 0 Å². The predicted octanol–water partition coefficient (Wildman–Crippen LogP) is 2.83. The zero-order chi connectivity index (χ0) is 8.43. The first-order valence-corrected chi connectivity index (χ1v) is 4.56. The fourth-order valence-corrected chi connectivity index (χ4v) is 2.10. The van der Waals surface area contributed by atoms with Crippen molar-refractivity contribution >= 4 is 0 Å². The van der Waals surface area contributed by atoms with Crippen LogP contribution in [0.2, 0.25) is 0 Å². The molecule has 1 aliphatic carbocycles. The summed E-state index contributed by atoms with van der Waals surface area (Å²) in [4.78, 5) is 0. The molecule has 0 spiro atoms. The van der Waals surface area contributed by atoms with Crippen LogP contribution < -0.4 is 0 Å². The van der Waals surface area contributed by atoms with Gasteiger partial charge in [-0.3, -0.25) is 0 Å². The molecular weight excluding hydrogens is 134 g/mol. The number of nitrogens with zero attached hydrogens (tertiary/aromatic N) is 1. The highest BCUT2D eigenvalue weighted by Crippen LogP contribution is 2.43. The molecule has 1 rings (SSSR count). The third-order valence-electron chi connectivity index (χ3n) is 3.09. The first kappa shape index (κ1) is 8.59. The monoisotopic (exact) mass is 151 g/mol. The maximum Gasteiger partial charge on any atom is 0.0655 e. The Labute approximate surface area is 69.4 Å². The molecule has 0 aromatic carbocycles. The summed E-state index contributed by atoms with van der Waals surface area (Å²) >= 11 is 0. The molecule has 0 saturated heterocycles. The van der Waals surface area contributed by atoms with Gasteiger partial charge >= 0.3 is 0 Å². The van der Waals surface area contributed by atoms with Crippen molar-refractivity contribution in [3.63, 3.8) is 0 Å². The molecule has 0 radical (unpaired) electrons. The van der Waals surface area contributed by atoms with E-state index in [4.69, 9.17) is 5.26 Å². The predicted molar refractivity (Wildman–Crippen MR) is 45.8 cm³/mol. The zero-order valence-corrected chi connectivity index (χ0v) is 7.67. The van der Waals surface area contributed by atoms with Gasteiger partial charge in [0.15, 0.2) is 0 Å². The van der Waals surface area contributed by atoms with Crippen LogP contribution in [0.15, 0.2) is 0 Å². The molecule has 3 atom stereocenters. The lowest BCUT2D eigenvalue weighted by atomic mass is 9.63. The Morgan fingerprint density at radius 2 is 1.73 bits per heavy atom. The standard InChI is InChI=1S/C10H17N/c1-7(2)9-4-5-10(9)8(3)6-11/h7-10H,4-5H2,1-3H3. The van der Waals surface area contributed by atoms with Gasteiger partial charge in [0, 0.05) is 5.92 Å². The fraction of sp³-hybridized carbons (Fsp3) is 0.900. The average molecular weight is 151 g/mol. The van der Waals surface area contributed by atoms with E-state index in [0.717, 1.165) is 11.8 Å². The summed E-state index contributed by atoms with van der Waals surface area (Å²) in [6.45, 7) is 6.58. The Bertz CT molecular complexity index is 166. The highest BCUT2D eigenvalue weighted by atomic mass is 14.4. The van der Waals surface area contributed by atoms with E-state index in [2.05, 4.69) is 26.8 Å². The van der Waals surface area contributed by atoms with E-state index >= 15 is 0 Å². The van der Waals surface area contributed by atoms with Gasteiger partial charge in [-0.1, -0.05) is 13.8 Å². The lowest BCUT2D eigenvalue weighted by Gasteiger charge is -2.41. The van der Waals surface area contributed by atoms with Crippen molar-refractivity contribution in [1.82, 2.24) is 0 Å². The van der Waals surface area contributed by atoms with E-state index < -0.39 is 0 Å². The Morgan fingerprint density at radius 3 is 2.00 bits per heavy atom. The fourth-order valence-electron chi connectivity index (χ4n) is 2.10. The van der Waals surface area contributed by atoms with Crippen LogP contribution in [0.3, 0.4) is 0 Å². The quantitative estimate of drug-likeness (QED) is 0.595. The minimum Gasteiger partial charge on any atom is -0.198 e. The van der Waals surface area contributed by atoms with Crippen molar-refractivity contribution in [1.29, 1.82) is 5.26 Å². The molecule has 1 heteroatoms. The van der Waals surface area contributed by atoms with Gasteiger partial charge in [0.05, 0.1) is 6.07 Å². The second-order valence-corrected chi connectivity index (χ2v) is 4.07.